The number of Topliss-reactive ketones (excluding diaryl/α,β-unsaturated/α-hetero) is 2. The average molecular weight is 833 g/mol. The minimum Gasteiger partial charge on any atom is -0.456 e. The van der Waals surface area contributed by atoms with Crippen LogP contribution in [-0.2, 0) is 51.0 Å². The van der Waals surface area contributed by atoms with Gasteiger partial charge in [-0.2, -0.15) is 0 Å². The monoisotopic (exact) mass is 832 g/mol. The number of fused-ring (bicyclic) bond motifs is 1. The van der Waals surface area contributed by atoms with E-state index in [0.717, 1.165) is 41.5 Å². The number of hydrogen-bond acceptors (Lipinski definition) is 12. The number of alkyl carbamates (subject to hydrolysis) is 2. The van der Waals surface area contributed by atoms with Gasteiger partial charge < -0.3 is 39.4 Å². The first-order chi connectivity index (χ1) is 28.7. The van der Waals surface area contributed by atoms with Crippen molar-refractivity contribution in [3.63, 3.8) is 0 Å². The summed E-state index contributed by atoms with van der Waals surface area (Å²) in [5, 5.41) is 5.08. The molecule has 16 nitrogen and oxygen atoms in total. The number of rotatable bonds is 15. The lowest BCUT2D eigenvalue weighted by Gasteiger charge is -2.29. The molecule has 2 fully saturated rings. The van der Waals surface area contributed by atoms with E-state index >= 15 is 0 Å². The van der Waals surface area contributed by atoms with E-state index in [-0.39, 0.29) is 17.6 Å². The number of nitrogens with zero attached hydrogens (tertiary/aromatic N) is 2. The molecule has 4 amide bonds. The zero-order chi connectivity index (χ0) is 43.7. The van der Waals surface area contributed by atoms with Gasteiger partial charge in [0.05, 0.1) is 14.2 Å². The number of benzene rings is 2. The quantitative estimate of drug-likeness (QED) is 0.145. The summed E-state index contributed by atoms with van der Waals surface area (Å²) in [5.41, 5.74) is 4.44. The number of esters is 2. The molecule has 5 rings (SSSR count). The lowest BCUT2D eigenvalue weighted by molar-refractivity contribution is -0.153. The van der Waals surface area contributed by atoms with E-state index in [2.05, 4.69) is 20.1 Å². The molecule has 0 aromatic heterocycles. The molecule has 0 spiro atoms. The number of carbonyl (C=O) groups is 8. The van der Waals surface area contributed by atoms with Gasteiger partial charge in [0.2, 0.25) is 17.6 Å². The van der Waals surface area contributed by atoms with Crippen molar-refractivity contribution in [1.82, 2.24) is 20.4 Å². The van der Waals surface area contributed by atoms with E-state index in [4.69, 9.17) is 9.47 Å². The molecule has 2 saturated heterocycles. The third-order valence-corrected chi connectivity index (χ3v) is 11.4. The van der Waals surface area contributed by atoms with Crippen LogP contribution >= 0.6 is 0 Å². The van der Waals surface area contributed by atoms with Gasteiger partial charge in [0.15, 0.2) is 19.0 Å². The highest BCUT2D eigenvalue weighted by atomic mass is 16.6. The standard InChI is InChI=1S/C44H56N4O12/c1-25(2)37(45-43(55)57-5)39(51)47-21-9-13-33(47)41(53)59-23-35(49)28-17-15-27(16-18-28)29-19-20-32(31-12-8-7-11-30(29)31)36(50)24-60-42(54)34-14-10-22-48(34)40(52)38(26(3)4)46-44(56)58-6/h15-20,25-26,33-34,37-38H,7-14,21-24H2,1-6H3,(H,45,55)(H,46,56). The Balaban J connectivity index is 1.20. The molecule has 2 aromatic carbocycles. The molecule has 1 aliphatic carbocycles. The second-order valence-corrected chi connectivity index (χ2v) is 16.1. The maximum atomic E-state index is 13.6. The van der Waals surface area contributed by atoms with Crippen molar-refractivity contribution >= 4 is 47.5 Å². The molecule has 0 bridgehead atoms. The van der Waals surface area contributed by atoms with E-state index in [1.807, 2.05) is 6.07 Å². The van der Waals surface area contributed by atoms with E-state index in [1.165, 1.54) is 24.0 Å². The number of ether oxygens (including phenoxy) is 4. The number of ketones is 2. The van der Waals surface area contributed by atoms with Crippen molar-refractivity contribution in [3.8, 4) is 11.1 Å². The molecular weight excluding hydrogens is 776 g/mol. The van der Waals surface area contributed by atoms with Gasteiger partial charge in [-0.25, -0.2) is 19.2 Å². The Kier molecular flexibility index (Phi) is 15.4. The van der Waals surface area contributed by atoms with Crippen molar-refractivity contribution in [2.24, 2.45) is 11.8 Å². The second-order valence-electron chi connectivity index (χ2n) is 16.1. The molecule has 2 heterocycles. The molecule has 16 heteroatoms. The highest BCUT2D eigenvalue weighted by molar-refractivity contribution is 6.01. The third kappa shape index (κ3) is 10.5. The minimum absolute atomic E-state index is 0.264. The summed E-state index contributed by atoms with van der Waals surface area (Å²) in [7, 11) is 2.41. The van der Waals surface area contributed by atoms with Gasteiger partial charge in [-0.1, -0.05) is 64.1 Å². The molecule has 2 aliphatic heterocycles. The van der Waals surface area contributed by atoms with Crippen molar-refractivity contribution in [2.75, 3.05) is 40.5 Å². The van der Waals surface area contributed by atoms with Crippen molar-refractivity contribution < 1.29 is 57.3 Å². The van der Waals surface area contributed by atoms with Crippen molar-refractivity contribution in [1.29, 1.82) is 0 Å². The first-order valence-electron chi connectivity index (χ1n) is 20.6. The third-order valence-electron chi connectivity index (χ3n) is 11.4. The first kappa shape index (κ1) is 45.3. The largest absolute Gasteiger partial charge is 0.456 e. The number of amides is 4. The van der Waals surface area contributed by atoms with Gasteiger partial charge in [0.25, 0.3) is 0 Å². The minimum atomic E-state index is -0.894. The molecule has 324 valence electrons. The van der Waals surface area contributed by atoms with Crippen LogP contribution < -0.4 is 10.6 Å². The van der Waals surface area contributed by atoms with Gasteiger partial charge in [0, 0.05) is 24.2 Å². The Morgan fingerprint density at radius 3 is 1.55 bits per heavy atom. The lowest BCUT2D eigenvalue weighted by atomic mass is 9.82. The van der Waals surface area contributed by atoms with Crippen LogP contribution in [0.5, 0.6) is 0 Å². The predicted octanol–water partition coefficient (Wildman–Crippen LogP) is 4.43. The Morgan fingerprint density at radius 2 is 1.08 bits per heavy atom. The molecule has 3 aliphatic rings. The second kappa shape index (κ2) is 20.4. The SMILES string of the molecule is COC(=O)NC(C(=O)N1CCCC1C(=O)OCC(=O)c1ccc(-c2ccc(C(=O)COC(=O)C3CCCN3C(=O)C(NC(=O)OC)C(C)C)c3c2CCCC3)cc1)C(C)C. The van der Waals surface area contributed by atoms with E-state index < -0.39 is 79.1 Å². The van der Waals surface area contributed by atoms with Gasteiger partial charge >= 0.3 is 24.1 Å². The van der Waals surface area contributed by atoms with Crippen LogP contribution in [0, 0.1) is 11.8 Å². The fourth-order valence-electron chi connectivity index (χ4n) is 8.17. The lowest BCUT2D eigenvalue weighted by Crippen LogP contribution is -2.54. The summed E-state index contributed by atoms with van der Waals surface area (Å²) in [5.74, 6) is -3.51. The van der Waals surface area contributed by atoms with Crippen LogP contribution in [0.4, 0.5) is 9.59 Å². The van der Waals surface area contributed by atoms with Gasteiger partial charge in [-0.05, 0) is 85.5 Å². The van der Waals surface area contributed by atoms with Gasteiger partial charge in [-0.3, -0.25) is 19.2 Å². The first-order valence-corrected chi connectivity index (χ1v) is 20.6. The topological polar surface area (TPSA) is 204 Å². The molecule has 60 heavy (non-hydrogen) atoms. The smallest absolute Gasteiger partial charge is 0.407 e. The summed E-state index contributed by atoms with van der Waals surface area (Å²) >= 11 is 0. The van der Waals surface area contributed by atoms with Crippen LogP contribution in [0.15, 0.2) is 36.4 Å². The molecule has 2 aromatic rings. The Labute approximate surface area is 350 Å². The average Bonchev–Trinajstić information content (AvgIpc) is 3.96. The number of nitrogens with one attached hydrogen (secondary N) is 2. The highest BCUT2D eigenvalue weighted by Gasteiger charge is 2.41. The number of carbonyl (C=O) groups excluding carboxylic acids is 8. The molecule has 2 N–H and O–H groups in total. The molecule has 0 saturated carbocycles. The zero-order valence-corrected chi connectivity index (χ0v) is 35.2. The van der Waals surface area contributed by atoms with E-state index in [1.54, 1.807) is 58.0 Å². The van der Waals surface area contributed by atoms with Crippen molar-refractivity contribution in [2.45, 2.75) is 103 Å². The summed E-state index contributed by atoms with van der Waals surface area (Å²) < 4.78 is 20.3. The maximum Gasteiger partial charge on any atom is 0.407 e. The Hall–Kier alpha value is -5.80. The van der Waals surface area contributed by atoms with Crippen LogP contribution in [0.1, 0.15) is 98.1 Å². The predicted molar refractivity (Wildman–Crippen MR) is 217 cm³/mol. The van der Waals surface area contributed by atoms with E-state index in [0.29, 0.717) is 56.3 Å². The number of methoxy groups -OCH3 is 2. The maximum absolute atomic E-state index is 13.6. The molecule has 0 radical (unpaired) electrons. The van der Waals surface area contributed by atoms with Crippen molar-refractivity contribution in [3.05, 3.63) is 58.7 Å². The fourth-order valence-corrected chi connectivity index (χ4v) is 8.17. The Bertz CT molecular complexity index is 1960. The van der Waals surface area contributed by atoms with Crippen LogP contribution in [0.25, 0.3) is 11.1 Å². The summed E-state index contributed by atoms with van der Waals surface area (Å²) in [6, 6.07) is 6.97. The van der Waals surface area contributed by atoms with Gasteiger partial charge in [0.1, 0.15) is 24.2 Å². The summed E-state index contributed by atoms with van der Waals surface area (Å²) in [4.78, 5) is 106. The summed E-state index contributed by atoms with van der Waals surface area (Å²) in [6.07, 6.45) is 3.59. The Morgan fingerprint density at radius 1 is 0.617 bits per heavy atom. The number of likely N-dealkylation sites (tertiary alicyclic amines) is 2. The van der Waals surface area contributed by atoms with E-state index in [9.17, 15) is 38.4 Å². The molecular formula is C44H56N4O12. The summed E-state index contributed by atoms with van der Waals surface area (Å²) in [6.45, 7) is 6.74. The fraction of sp³-hybridized carbons (Fsp3) is 0.545. The highest BCUT2D eigenvalue weighted by Crippen LogP contribution is 2.34. The molecule has 4 unspecified atom stereocenters. The normalized spacial score (nSPS) is 18.3. The molecule has 4 atom stereocenters. The number of hydrogen-bond donors (Lipinski definition) is 2. The van der Waals surface area contributed by atoms with Gasteiger partial charge in [-0.15, -0.1) is 0 Å². The zero-order valence-electron chi connectivity index (χ0n) is 35.2. The van der Waals surface area contributed by atoms with Crippen LogP contribution in [0.2, 0.25) is 0 Å². The van der Waals surface area contributed by atoms with Crippen LogP contribution in [0.3, 0.4) is 0 Å². The van der Waals surface area contributed by atoms with Crippen LogP contribution in [-0.4, -0.2) is 122 Å².